The number of aryl methyl sites for hydroxylation is 1. The van der Waals surface area contributed by atoms with Crippen molar-refractivity contribution >= 4 is 17.7 Å². The molecule has 0 radical (unpaired) electrons. The fourth-order valence-electron chi connectivity index (χ4n) is 2.13. The average molecular weight is 265 g/mol. The highest BCUT2D eigenvalue weighted by Gasteiger charge is 2.34. The van der Waals surface area contributed by atoms with Gasteiger partial charge in [0.05, 0.1) is 5.60 Å². The lowest BCUT2D eigenvalue weighted by atomic mass is 10.0. The number of hydrogen-bond donors (Lipinski definition) is 1. The Morgan fingerprint density at radius 3 is 2.89 bits per heavy atom. The molecule has 0 bridgehead atoms. The first-order chi connectivity index (χ1) is 8.67. The van der Waals surface area contributed by atoms with Crippen molar-refractivity contribution in [3.05, 3.63) is 35.4 Å². The molecule has 1 amide bonds. The van der Waals surface area contributed by atoms with Crippen molar-refractivity contribution in [3.8, 4) is 0 Å². The number of amides is 1. The fraction of sp³-hybridized carbons (Fsp3) is 0.500. The Morgan fingerprint density at radius 2 is 2.28 bits per heavy atom. The normalized spacial score (nSPS) is 23.0. The quantitative estimate of drug-likeness (QED) is 0.907. The van der Waals surface area contributed by atoms with Crippen LogP contribution in [0.15, 0.2) is 24.3 Å². The zero-order valence-corrected chi connectivity index (χ0v) is 11.7. The zero-order chi connectivity index (χ0) is 13.0. The van der Waals surface area contributed by atoms with Gasteiger partial charge in [0.1, 0.15) is 0 Å². The molecule has 1 aromatic rings. The van der Waals surface area contributed by atoms with Gasteiger partial charge in [-0.3, -0.25) is 4.79 Å². The number of ether oxygens (including phenoxy) is 1. The van der Waals surface area contributed by atoms with Gasteiger partial charge in [0.2, 0.25) is 0 Å². The standard InChI is InChI=1S/C14H19NO2S/c1-11-5-3-4-6-12(11)13(16)15-9-14(17-2)7-8-18-10-14/h3-6H,7-10H2,1-2H3,(H,15,16). The Labute approximate surface area is 112 Å². The Morgan fingerprint density at radius 1 is 1.50 bits per heavy atom. The van der Waals surface area contributed by atoms with Gasteiger partial charge in [0.15, 0.2) is 0 Å². The van der Waals surface area contributed by atoms with Gasteiger partial charge in [-0.25, -0.2) is 0 Å². The predicted octanol–water partition coefficient (Wildman–Crippen LogP) is 2.25. The summed E-state index contributed by atoms with van der Waals surface area (Å²) < 4.78 is 5.58. The third-order valence-corrected chi connectivity index (χ3v) is 4.68. The van der Waals surface area contributed by atoms with Crippen LogP contribution in [0.2, 0.25) is 0 Å². The molecule has 0 spiro atoms. The molecular formula is C14H19NO2S. The maximum atomic E-state index is 12.1. The first-order valence-electron chi connectivity index (χ1n) is 6.14. The van der Waals surface area contributed by atoms with Gasteiger partial charge in [0.25, 0.3) is 5.91 Å². The van der Waals surface area contributed by atoms with E-state index in [1.165, 1.54) is 0 Å². The lowest BCUT2D eigenvalue weighted by Crippen LogP contribution is -2.44. The molecule has 1 atom stereocenters. The van der Waals surface area contributed by atoms with Crippen LogP contribution >= 0.6 is 11.8 Å². The van der Waals surface area contributed by atoms with Crippen molar-refractivity contribution in [3.63, 3.8) is 0 Å². The second-order valence-corrected chi connectivity index (χ2v) is 5.79. The Hall–Kier alpha value is -1.00. The minimum atomic E-state index is -0.178. The number of hydrogen-bond acceptors (Lipinski definition) is 3. The summed E-state index contributed by atoms with van der Waals surface area (Å²) in [7, 11) is 1.73. The number of methoxy groups -OCH3 is 1. The minimum Gasteiger partial charge on any atom is -0.376 e. The van der Waals surface area contributed by atoms with Crippen LogP contribution in [-0.4, -0.2) is 36.7 Å². The molecule has 1 aliphatic heterocycles. The first-order valence-corrected chi connectivity index (χ1v) is 7.29. The Balaban J connectivity index is 1.98. The van der Waals surface area contributed by atoms with Crippen molar-refractivity contribution in [1.29, 1.82) is 0 Å². The van der Waals surface area contributed by atoms with Crippen LogP contribution in [0.5, 0.6) is 0 Å². The molecule has 0 saturated carbocycles. The van der Waals surface area contributed by atoms with E-state index >= 15 is 0 Å². The molecule has 1 fully saturated rings. The smallest absolute Gasteiger partial charge is 0.251 e. The van der Waals surface area contributed by atoms with E-state index in [2.05, 4.69) is 5.32 Å². The maximum Gasteiger partial charge on any atom is 0.251 e. The summed E-state index contributed by atoms with van der Waals surface area (Å²) in [5.41, 5.74) is 1.57. The summed E-state index contributed by atoms with van der Waals surface area (Å²) in [4.78, 5) is 12.1. The number of thioether (sulfide) groups is 1. The molecule has 1 heterocycles. The number of carbonyl (C=O) groups excluding carboxylic acids is 1. The van der Waals surface area contributed by atoms with E-state index in [4.69, 9.17) is 4.74 Å². The molecule has 4 heteroatoms. The van der Waals surface area contributed by atoms with E-state index in [0.717, 1.165) is 29.1 Å². The van der Waals surface area contributed by atoms with Gasteiger partial charge in [-0.05, 0) is 30.7 Å². The summed E-state index contributed by atoms with van der Waals surface area (Å²) in [6.07, 6.45) is 1.00. The number of nitrogens with one attached hydrogen (secondary N) is 1. The van der Waals surface area contributed by atoms with E-state index in [0.29, 0.717) is 6.54 Å². The molecule has 1 unspecified atom stereocenters. The van der Waals surface area contributed by atoms with Crippen LogP contribution in [0.3, 0.4) is 0 Å². The largest absolute Gasteiger partial charge is 0.376 e. The van der Waals surface area contributed by atoms with Crippen molar-refractivity contribution in [2.75, 3.05) is 25.2 Å². The van der Waals surface area contributed by atoms with Crippen LogP contribution in [-0.2, 0) is 4.74 Å². The van der Waals surface area contributed by atoms with E-state index < -0.39 is 0 Å². The summed E-state index contributed by atoms with van der Waals surface area (Å²) in [6.45, 7) is 2.54. The molecule has 1 aliphatic rings. The third-order valence-electron chi connectivity index (χ3n) is 3.46. The van der Waals surface area contributed by atoms with E-state index in [1.54, 1.807) is 7.11 Å². The molecule has 98 valence electrons. The highest BCUT2D eigenvalue weighted by Crippen LogP contribution is 2.30. The highest BCUT2D eigenvalue weighted by atomic mass is 32.2. The van der Waals surface area contributed by atoms with Crippen LogP contribution in [0, 0.1) is 6.92 Å². The zero-order valence-electron chi connectivity index (χ0n) is 10.9. The third kappa shape index (κ3) is 2.87. The van der Waals surface area contributed by atoms with Gasteiger partial charge in [-0.1, -0.05) is 18.2 Å². The van der Waals surface area contributed by atoms with Crippen molar-refractivity contribution in [1.82, 2.24) is 5.32 Å². The number of rotatable bonds is 4. The van der Waals surface area contributed by atoms with Gasteiger partial charge < -0.3 is 10.1 Å². The lowest BCUT2D eigenvalue weighted by molar-refractivity contribution is 0.0137. The molecule has 2 rings (SSSR count). The van der Waals surface area contributed by atoms with E-state index in [1.807, 2.05) is 43.0 Å². The van der Waals surface area contributed by atoms with Gasteiger partial charge >= 0.3 is 0 Å². The topological polar surface area (TPSA) is 38.3 Å². The maximum absolute atomic E-state index is 12.1. The van der Waals surface area contributed by atoms with Crippen molar-refractivity contribution in [2.24, 2.45) is 0 Å². The van der Waals surface area contributed by atoms with Crippen molar-refractivity contribution < 1.29 is 9.53 Å². The summed E-state index contributed by atoms with van der Waals surface area (Å²) in [6, 6.07) is 7.63. The minimum absolute atomic E-state index is 0.0126. The summed E-state index contributed by atoms with van der Waals surface area (Å²) >= 11 is 1.88. The SMILES string of the molecule is COC1(CNC(=O)c2ccccc2C)CCSC1. The Bertz CT molecular complexity index is 428. The predicted molar refractivity (Wildman–Crippen MR) is 75.2 cm³/mol. The number of carbonyl (C=O) groups is 1. The molecule has 0 aromatic heterocycles. The van der Waals surface area contributed by atoms with E-state index in [9.17, 15) is 4.79 Å². The highest BCUT2D eigenvalue weighted by molar-refractivity contribution is 7.99. The second kappa shape index (κ2) is 5.76. The van der Waals surface area contributed by atoms with Crippen LogP contribution in [0.1, 0.15) is 22.3 Å². The molecule has 1 saturated heterocycles. The fourth-order valence-corrected chi connectivity index (χ4v) is 3.52. The molecule has 1 N–H and O–H groups in total. The molecule has 3 nitrogen and oxygen atoms in total. The van der Waals surface area contributed by atoms with Crippen LogP contribution in [0.4, 0.5) is 0 Å². The second-order valence-electron chi connectivity index (χ2n) is 4.69. The van der Waals surface area contributed by atoms with E-state index in [-0.39, 0.29) is 11.5 Å². The number of benzene rings is 1. The van der Waals surface area contributed by atoms with Gasteiger partial charge in [0, 0.05) is 25.0 Å². The van der Waals surface area contributed by atoms with Crippen LogP contribution in [0.25, 0.3) is 0 Å². The Kier molecular flexibility index (Phi) is 4.30. The molecule has 1 aromatic carbocycles. The lowest BCUT2D eigenvalue weighted by Gasteiger charge is -2.26. The molecule has 0 aliphatic carbocycles. The summed E-state index contributed by atoms with van der Waals surface area (Å²) in [5.74, 6) is 2.05. The summed E-state index contributed by atoms with van der Waals surface area (Å²) in [5, 5.41) is 3.00. The van der Waals surface area contributed by atoms with Crippen molar-refractivity contribution in [2.45, 2.75) is 18.9 Å². The average Bonchev–Trinajstić information content (AvgIpc) is 2.86. The first kappa shape index (κ1) is 13.4. The molecule has 18 heavy (non-hydrogen) atoms. The van der Waals surface area contributed by atoms with Gasteiger partial charge in [-0.2, -0.15) is 11.8 Å². The monoisotopic (exact) mass is 265 g/mol. The molecular weight excluding hydrogens is 246 g/mol. The van der Waals surface area contributed by atoms with Gasteiger partial charge in [-0.15, -0.1) is 0 Å². The van der Waals surface area contributed by atoms with Crippen LogP contribution < -0.4 is 5.32 Å².